The fourth-order valence-corrected chi connectivity index (χ4v) is 2.47. The van der Waals surface area contributed by atoms with Gasteiger partial charge in [0.15, 0.2) is 0 Å². The summed E-state index contributed by atoms with van der Waals surface area (Å²) in [4.78, 5) is 1.32. The van der Waals surface area contributed by atoms with Crippen LogP contribution in [-0.4, -0.2) is 25.4 Å². The average Bonchev–Trinajstić information content (AvgIpc) is 2.48. The predicted molar refractivity (Wildman–Crippen MR) is 82.0 cm³/mol. The normalized spacial score (nSPS) is 10.3. The second-order valence-electron chi connectivity index (χ2n) is 4.07. The van der Waals surface area contributed by atoms with Crippen LogP contribution in [-0.2, 0) is 0 Å². The molecule has 2 nitrogen and oxygen atoms in total. The van der Waals surface area contributed by atoms with Crippen molar-refractivity contribution in [3.05, 3.63) is 60.7 Å². The molecule has 19 heavy (non-hydrogen) atoms. The van der Waals surface area contributed by atoms with Gasteiger partial charge in [0.2, 0.25) is 0 Å². The zero-order valence-corrected chi connectivity index (χ0v) is 11.7. The molecule has 0 heterocycles. The lowest BCUT2D eigenvalue weighted by Gasteiger charge is -2.07. The number of thioether (sulfide) groups is 1. The van der Waals surface area contributed by atoms with Gasteiger partial charge in [-0.15, -0.1) is 11.8 Å². The molecule has 0 saturated carbocycles. The third-order valence-electron chi connectivity index (χ3n) is 2.58. The van der Waals surface area contributed by atoms with Crippen molar-refractivity contribution in [2.75, 3.05) is 25.4 Å². The monoisotopic (exact) mass is 273 g/mol. The van der Waals surface area contributed by atoms with E-state index in [9.17, 15) is 0 Å². The zero-order valence-electron chi connectivity index (χ0n) is 10.9. The number of benzene rings is 2. The SMILES string of the molecule is c1ccc(OCCNCCSc2ccccc2)cc1. The van der Waals surface area contributed by atoms with Crippen LogP contribution in [0.4, 0.5) is 0 Å². The summed E-state index contributed by atoms with van der Waals surface area (Å²) in [5.74, 6) is 2.01. The Labute approximate surface area is 119 Å². The Kier molecular flexibility index (Phi) is 6.34. The van der Waals surface area contributed by atoms with Crippen LogP contribution in [0.15, 0.2) is 65.6 Å². The molecule has 0 aliphatic heterocycles. The molecule has 1 N–H and O–H groups in total. The lowest BCUT2D eigenvalue weighted by atomic mass is 10.3. The van der Waals surface area contributed by atoms with Gasteiger partial charge >= 0.3 is 0 Å². The van der Waals surface area contributed by atoms with Crippen molar-refractivity contribution in [1.82, 2.24) is 5.32 Å². The van der Waals surface area contributed by atoms with Gasteiger partial charge in [-0.25, -0.2) is 0 Å². The first kappa shape index (κ1) is 14.0. The van der Waals surface area contributed by atoms with Crippen LogP contribution in [0.25, 0.3) is 0 Å². The molecule has 0 aromatic heterocycles. The maximum absolute atomic E-state index is 5.60. The second kappa shape index (κ2) is 8.62. The summed E-state index contributed by atoms with van der Waals surface area (Å²) in [5, 5.41) is 3.38. The first-order valence-corrected chi connectivity index (χ1v) is 7.50. The summed E-state index contributed by atoms with van der Waals surface area (Å²) >= 11 is 1.87. The molecule has 0 saturated heterocycles. The summed E-state index contributed by atoms with van der Waals surface area (Å²) in [5.41, 5.74) is 0. The standard InChI is InChI=1S/C16H19NOS/c1-3-7-15(8-4-1)18-13-11-17-12-14-19-16-9-5-2-6-10-16/h1-10,17H,11-14H2. The molecule has 0 fully saturated rings. The first-order valence-electron chi connectivity index (χ1n) is 6.51. The Balaban J connectivity index is 1.49. The fourth-order valence-electron chi connectivity index (χ4n) is 1.64. The zero-order chi connectivity index (χ0) is 13.2. The van der Waals surface area contributed by atoms with Crippen molar-refractivity contribution in [3.8, 4) is 5.75 Å². The molecule has 0 atom stereocenters. The molecule has 100 valence electrons. The highest BCUT2D eigenvalue weighted by molar-refractivity contribution is 7.99. The van der Waals surface area contributed by atoms with Crippen molar-refractivity contribution in [2.24, 2.45) is 0 Å². The lowest BCUT2D eigenvalue weighted by Crippen LogP contribution is -2.23. The third kappa shape index (κ3) is 5.81. The Morgan fingerprint density at radius 2 is 1.53 bits per heavy atom. The summed E-state index contributed by atoms with van der Waals surface area (Å²) < 4.78 is 5.60. The van der Waals surface area contributed by atoms with Crippen LogP contribution in [0.2, 0.25) is 0 Å². The molecule has 0 bridgehead atoms. The number of rotatable bonds is 8. The van der Waals surface area contributed by atoms with Gasteiger partial charge in [-0.1, -0.05) is 36.4 Å². The van der Waals surface area contributed by atoms with E-state index in [1.165, 1.54) is 4.90 Å². The summed E-state index contributed by atoms with van der Waals surface area (Å²) in [6, 6.07) is 20.4. The minimum Gasteiger partial charge on any atom is -0.492 e. The largest absolute Gasteiger partial charge is 0.492 e. The fraction of sp³-hybridized carbons (Fsp3) is 0.250. The van der Waals surface area contributed by atoms with E-state index in [1.54, 1.807) is 0 Å². The van der Waals surface area contributed by atoms with Crippen LogP contribution >= 0.6 is 11.8 Å². The van der Waals surface area contributed by atoms with E-state index in [4.69, 9.17) is 4.74 Å². The summed E-state index contributed by atoms with van der Waals surface area (Å²) in [7, 11) is 0. The van der Waals surface area contributed by atoms with E-state index in [0.717, 1.165) is 24.6 Å². The van der Waals surface area contributed by atoms with Gasteiger partial charge in [-0.05, 0) is 24.3 Å². The lowest BCUT2D eigenvalue weighted by molar-refractivity contribution is 0.315. The molecule has 3 heteroatoms. The van der Waals surface area contributed by atoms with Crippen molar-refractivity contribution < 1.29 is 4.74 Å². The van der Waals surface area contributed by atoms with E-state index in [2.05, 4.69) is 29.6 Å². The Bertz CT molecular complexity index is 403. The molecule has 2 rings (SSSR count). The van der Waals surface area contributed by atoms with Crippen molar-refractivity contribution >= 4 is 11.8 Å². The maximum atomic E-state index is 5.60. The number of nitrogens with one attached hydrogen (secondary N) is 1. The van der Waals surface area contributed by atoms with Gasteiger partial charge in [0.1, 0.15) is 12.4 Å². The van der Waals surface area contributed by atoms with Gasteiger partial charge in [0.05, 0.1) is 0 Å². The van der Waals surface area contributed by atoms with E-state index in [1.807, 2.05) is 48.2 Å². The van der Waals surface area contributed by atoms with Crippen molar-refractivity contribution in [3.63, 3.8) is 0 Å². The van der Waals surface area contributed by atoms with Crippen LogP contribution in [0, 0.1) is 0 Å². The van der Waals surface area contributed by atoms with Crippen LogP contribution < -0.4 is 10.1 Å². The molecular weight excluding hydrogens is 254 g/mol. The molecule has 0 radical (unpaired) electrons. The van der Waals surface area contributed by atoms with Gasteiger partial charge < -0.3 is 10.1 Å². The van der Waals surface area contributed by atoms with Gasteiger partial charge in [0.25, 0.3) is 0 Å². The number of para-hydroxylation sites is 1. The van der Waals surface area contributed by atoms with Gasteiger partial charge in [0, 0.05) is 23.7 Å². The maximum Gasteiger partial charge on any atom is 0.119 e. The minimum absolute atomic E-state index is 0.708. The molecule has 0 unspecified atom stereocenters. The molecule has 0 aliphatic rings. The van der Waals surface area contributed by atoms with Crippen LogP contribution in [0.3, 0.4) is 0 Å². The Hall–Kier alpha value is -1.45. The summed E-state index contributed by atoms with van der Waals surface area (Å²) in [6.07, 6.45) is 0. The number of hydrogen-bond donors (Lipinski definition) is 1. The van der Waals surface area contributed by atoms with Gasteiger partial charge in [-0.3, -0.25) is 0 Å². The van der Waals surface area contributed by atoms with E-state index >= 15 is 0 Å². The molecule has 0 aliphatic carbocycles. The van der Waals surface area contributed by atoms with Crippen LogP contribution in [0.5, 0.6) is 5.75 Å². The highest BCUT2D eigenvalue weighted by Gasteiger charge is 1.93. The molecular formula is C16H19NOS. The predicted octanol–water partition coefficient (Wildman–Crippen LogP) is 3.45. The number of ether oxygens (including phenoxy) is 1. The van der Waals surface area contributed by atoms with E-state index < -0.39 is 0 Å². The smallest absolute Gasteiger partial charge is 0.119 e. The van der Waals surface area contributed by atoms with E-state index in [-0.39, 0.29) is 0 Å². The summed E-state index contributed by atoms with van der Waals surface area (Å²) in [6.45, 7) is 2.59. The molecule has 2 aromatic rings. The highest BCUT2D eigenvalue weighted by atomic mass is 32.2. The molecule has 0 amide bonds. The quantitative estimate of drug-likeness (QED) is 0.588. The topological polar surface area (TPSA) is 21.3 Å². The second-order valence-corrected chi connectivity index (χ2v) is 5.24. The van der Waals surface area contributed by atoms with Crippen molar-refractivity contribution in [1.29, 1.82) is 0 Å². The van der Waals surface area contributed by atoms with Crippen molar-refractivity contribution in [2.45, 2.75) is 4.90 Å². The number of hydrogen-bond acceptors (Lipinski definition) is 3. The van der Waals surface area contributed by atoms with Gasteiger partial charge in [-0.2, -0.15) is 0 Å². The molecule has 2 aromatic carbocycles. The highest BCUT2D eigenvalue weighted by Crippen LogP contribution is 2.15. The molecule has 0 spiro atoms. The van der Waals surface area contributed by atoms with Crippen LogP contribution in [0.1, 0.15) is 0 Å². The minimum atomic E-state index is 0.708. The van der Waals surface area contributed by atoms with E-state index in [0.29, 0.717) is 6.61 Å². The Morgan fingerprint density at radius 3 is 2.26 bits per heavy atom. The Morgan fingerprint density at radius 1 is 0.842 bits per heavy atom. The third-order valence-corrected chi connectivity index (χ3v) is 3.60. The average molecular weight is 273 g/mol. The first-order chi connectivity index (χ1) is 9.45.